The van der Waals surface area contributed by atoms with E-state index in [0.29, 0.717) is 12.0 Å². The second kappa shape index (κ2) is 7.26. The molecule has 1 aromatic carbocycles. The van der Waals surface area contributed by atoms with Crippen molar-refractivity contribution in [3.8, 4) is 0 Å². The number of nitrogens with zero attached hydrogens (tertiary/aromatic N) is 1. The fourth-order valence-corrected chi connectivity index (χ4v) is 3.64. The molecule has 2 aliphatic heterocycles. The molecule has 2 fully saturated rings. The maximum atomic E-state index is 12.5. The van der Waals surface area contributed by atoms with E-state index >= 15 is 0 Å². The molecule has 1 aromatic heterocycles. The fraction of sp³-hybridized carbons (Fsp3) is 0.474. The number of H-pyrrole nitrogens is 1. The van der Waals surface area contributed by atoms with E-state index in [1.807, 2.05) is 30.3 Å². The van der Waals surface area contributed by atoms with Crippen LogP contribution in [0.5, 0.6) is 0 Å². The van der Waals surface area contributed by atoms with Crippen LogP contribution >= 0.6 is 0 Å². The number of hydrogen-bond acceptors (Lipinski definition) is 7. The van der Waals surface area contributed by atoms with Crippen LogP contribution in [-0.4, -0.2) is 39.6 Å². The Labute approximate surface area is 160 Å². The van der Waals surface area contributed by atoms with Gasteiger partial charge in [0.15, 0.2) is 0 Å². The molecule has 150 valence electrons. The predicted molar refractivity (Wildman–Crippen MR) is 96.2 cm³/mol. The molecule has 3 heterocycles. The number of fused-ring (bicyclic) bond motifs is 2. The minimum absolute atomic E-state index is 0.126. The zero-order chi connectivity index (χ0) is 19.8. The number of aryl methyl sites for hydroxylation is 1. The third-order valence-corrected chi connectivity index (χ3v) is 5.08. The van der Waals surface area contributed by atoms with Crippen LogP contribution in [0, 0.1) is 6.92 Å². The summed E-state index contributed by atoms with van der Waals surface area (Å²) in [5.74, 6) is -1.68. The molecular weight excluding hydrogens is 368 g/mol. The summed E-state index contributed by atoms with van der Waals surface area (Å²) in [7, 11) is 0. The molecule has 0 spiro atoms. The quantitative estimate of drug-likeness (QED) is 0.547. The zero-order valence-electron chi connectivity index (χ0n) is 15.4. The summed E-state index contributed by atoms with van der Waals surface area (Å²) in [5, 5.41) is 9.87. The van der Waals surface area contributed by atoms with Crippen LogP contribution in [0.1, 0.15) is 24.0 Å². The Morgan fingerprint density at radius 1 is 1.29 bits per heavy atom. The average molecular weight is 390 g/mol. The van der Waals surface area contributed by atoms with E-state index in [-0.39, 0.29) is 32.3 Å². The van der Waals surface area contributed by atoms with Crippen molar-refractivity contribution in [2.45, 2.75) is 44.0 Å². The second-order valence-corrected chi connectivity index (χ2v) is 7.27. The van der Waals surface area contributed by atoms with E-state index in [4.69, 9.17) is 19.2 Å². The number of aromatic nitrogens is 2. The molecule has 2 N–H and O–H groups in total. The van der Waals surface area contributed by atoms with Crippen LogP contribution in [0.3, 0.4) is 0 Å². The van der Waals surface area contributed by atoms with Gasteiger partial charge < -0.3 is 14.6 Å². The lowest BCUT2D eigenvalue weighted by atomic mass is 9.94. The van der Waals surface area contributed by atoms with Gasteiger partial charge in [-0.1, -0.05) is 30.3 Å². The Kier molecular flexibility index (Phi) is 4.94. The third kappa shape index (κ3) is 3.43. The number of ether oxygens (including phenoxy) is 2. The number of rotatable bonds is 6. The molecule has 0 aliphatic carbocycles. The van der Waals surface area contributed by atoms with Gasteiger partial charge in [-0.15, -0.1) is 0 Å². The number of aliphatic hydroxyl groups is 1. The minimum Gasteiger partial charge on any atom is -0.393 e. The highest BCUT2D eigenvalue weighted by Gasteiger charge is 2.57. The highest BCUT2D eigenvalue weighted by atomic mass is 17.2. The van der Waals surface area contributed by atoms with Crippen molar-refractivity contribution in [1.82, 2.24) is 9.55 Å². The van der Waals surface area contributed by atoms with Crippen molar-refractivity contribution in [3.05, 3.63) is 68.5 Å². The van der Waals surface area contributed by atoms with Crippen molar-refractivity contribution in [3.63, 3.8) is 0 Å². The molecular formula is C19H22N2O7. The topological polar surface area (TPSA) is 112 Å². The first-order chi connectivity index (χ1) is 13.5. The summed E-state index contributed by atoms with van der Waals surface area (Å²) in [6, 6.07) is 9.37. The molecule has 3 atom stereocenters. The van der Waals surface area contributed by atoms with Crippen LogP contribution in [0.15, 0.2) is 46.1 Å². The lowest BCUT2D eigenvalue weighted by molar-refractivity contribution is -0.495. The van der Waals surface area contributed by atoms with Gasteiger partial charge in [0.25, 0.3) is 11.5 Å². The Balaban J connectivity index is 1.68. The number of hydrogen-bond donors (Lipinski definition) is 2. The summed E-state index contributed by atoms with van der Waals surface area (Å²) in [6.45, 7) is 1.57. The van der Waals surface area contributed by atoms with Crippen LogP contribution in [-0.2, 0) is 31.8 Å². The Bertz CT molecular complexity index is 957. The van der Waals surface area contributed by atoms with E-state index in [2.05, 4.69) is 4.98 Å². The van der Waals surface area contributed by atoms with E-state index in [0.717, 1.165) is 10.1 Å². The summed E-state index contributed by atoms with van der Waals surface area (Å²) in [5.41, 5.74) is -1.02. The van der Waals surface area contributed by atoms with Crippen LogP contribution in [0.25, 0.3) is 0 Å². The summed E-state index contributed by atoms with van der Waals surface area (Å²) in [4.78, 5) is 37.7. The third-order valence-electron chi connectivity index (χ3n) is 5.08. The lowest BCUT2D eigenvalue weighted by Crippen LogP contribution is -2.57. The maximum Gasteiger partial charge on any atom is 0.332 e. The van der Waals surface area contributed by atoms with Gasteiger partial charge in [0.1, 0.15) is 12.2 Å². The molecule has 28 heavy (non-hydrogen) atoms. The van der Waals surface area contributed by atoms with E-state index in [1.54, 1.807) is 6.92 Å². The molecule has 2 saturated heterocycles. The number of benzene rings is 1. The van der Waals surface area contributed by atoms with Crippen molar-refractivity contribution >= 4 is 0 Å². The van der Waals surface area contributed by atoms with Gasteiger partial charge in [-0.25, -0.2) is 14.2 Å². The number of nitrogens with one attached hydrogen (secondary N) is 1. The smallest absolute Gasteiger partial charge is 0.332 e. The lowest BCUT2D eigenvalue weighted by Gasteiger charge is -2.43. The van der Waals surface area contributed by atoms with Crippen LogP contribution < -0.4 is 11.2 Å². The van der Waals surface area contributed by atoms with Gasteiger partial charge in [-0.2, -0.15) is 4.89 Å². The van der Waals surface area contributed by atoms with Gasteiger partial charge in [-0.3, -0.25) is 9.78 Å². The summed E-state index contributed by atoms with van der Waals surface area (Å²) < 4.78 is 13.0. The normalized spacial score (nSPS) is 29.1. The molecule has 9 nitrogen and oxygen atoms in total. The van der Waals surface area contributed by atoms with Crippen molar-refractivity contribution in [1.29, 1.82) is 0 Å². The molecule has 2 bridgehead atoms. The van der Waals surface area contributed by atoms with Crippen LogP contribution in [0.4, 0.5) is 0 Å². The van der Waals surface area contributed by atoms with E-state index in [1.165, 1.54) is 6.20 Å². The SMILES string of the molecule is Cc1cn(C2(OOCc3ccccc3)CC3CC(CO)(CO3)O2)c(=O)[nH]c1=O. The molecule has 3 unspecified atom stereocenters. The predicted octanol–water partition coefficient (Wildman–Crippen LogP) is 0.544. The van der Waals surface area contributed by atoms with Gasteiger partial charge >= 0.3 is 5.69 Å². The Morgan fingerprint density at radius 3 is 2.82 bits per heavy atom. The molecule has 0 saturated carbocycles. The van der Waals surface area contributed by atoms with Gasteiger partial charge in [-0.05, 0) is 12.5 Å². The average Bonchev–Trinajstić information content (AvgIpc) is 3.01. The fourth-order valence-electron chi connectivity index (χ4n) is 3.64. The summed E-state index contributed by atoms with van der Waals surface area (Å²) >= 11 is 0. The molecule has 4 rings (SSSR count). The Hall–Kier alpha value is -2.30. The van der Waals surface area contributed by atoms with Crippen molar-refractivity contribution < 1.29 is 24.4 Å². The number of aliphatic hydroxyl groups excluding tert-OH is 1. The van der Waals surface area contributed by atoms with E-state index < -0.39 is 22.8 Å². The number of aromatic amines is 1. The summed E-state index contributed by atoms with van der Waals surface area (Å²) in [6.07, 6.45) is 1.71. The van der Waals surface area contributed by atoms with Crippen molar-refractivity contribution in [2.24, 2.45) is 0 Å². The highest BCUT2D eigenvalue weighted by Crippen LogP contribution is 2.45. The molecule has 2 aliphatic rings. The zero-order valence-corrected chi connectivity index (χ0v) is 15.4. The standard InChI is InChI=1S/C19H22N2O7/c1-13-9-21(17(24)20-16(13)23)19(28-26-10-14-5-3-2-4-6-14)8-15-7-18(11-22,27-19)12-25-15/h2-6,9,15,22H,7-8,10-12H2,1H3,(H,20,23,24). The first-order valence-corrected chi connectivity index (χ1v) is 9.06. The van der Waals surface area contributed by atoms with E-state index in [9.17, 15) is 14.7 Å². The first kappa shape index (κ1) is 19.0. The molecule has 0 radical (unpaired) electrons. The second-order valence-electron chi connectivity index (χ2n) is 7.27. The minimum atomic E-state index is -1.68. The largest absolute Gasteiger partial charge is 0.393 e. The monoisotopic (exact) mass is 390 g/mol. The first-order valence-electron chi connectivity index (χ1n) is 9.06. The molecule has 9 heteroatoms. The van der Waals surface area contributed by atoms with Gasteiger partial charge in [0, 0.05) is 18.2 Å². The van der Waals surface area contributed by atoms with Gasteiger partial charge in [0.05, 0.1) is 25.7 Å². The molecule has 2 aromatic rings. The van der Waals surface area contributed by atoms with Crippen molar-refractivity contribution in [2.75, 3.05) is 13.2 Å². The highest BCUT2D eigenvalue weighted by molar-refractivity contribution is 5.13. The molecule has 0 amide bonds. The Morgan fingerprint density at radius 2 is 2.07 bits per heavy atom. The maximum absolute atomic E-state index is 12.5. The van der Waals surface area contributed by atoms with Gasteiger partial charge in [0.2, 0.25) is 0 Å². The van der Waals surface area contributed by atoms with Crippen LogP contribution in [0.2, 0.25) is 0 Å².